The van der Waals surface area contributed by atoms with Crippen LogP contribution in [0, 0.1) is 6.92 Å². The second-order valence-corrected chi connectivity index (χ2v) is 8.58. The van der Waals surface area contributed by atoms with Gasteiger partial charge in [-0.25, -0.2) is 0 Å². The van der Waals surface area contributed by atoms with E-state index in [0.717, 1.165) is 42.8 Å². The van der Waals surface area contributed by atoms with E-state index >= 15 is 0 Å². The average Bonchev–Trinajstić information content (AvgIpc) is 2.81. The fraction of sp³-hybridized carbons (Fsp3) is 0.360. The van der Waals surface area contributed by atoms with Crippen LogP contribution in [0.2, 0.25) is 5.02 Å². The summed E-state index contributed by atoms with van der Waals surface area (Å²) in [4.78, 5) is 27.8. The number of likely N-dealkylation sites (tertiary alicyclic amines) is 1. The maximum Gasteiger partial charge on any atom is 0.287 e. The minimum Gasteiger partial charge on any atom is -0.497 e. The van der Waals surface area contributed by atoms with Crippen molar-refractivity contribution >= 4 is 28.5 Å². The molecule has 0 unspecified atom stereocenters. The van der Waals surface area contributed by atoms with Gasteiger partial charge in [-0.3, -0.25) is 14.5 Å². The Morgan fingerprint density at radius 1 is 1.16 bits per heavy atom. The van der Waals surface area contributed by atoms with Gasteiger partial charge in [0, 0.05) is 17.6 Å². The summed E-state index contributed by atoms with van der Waals surface area (Å²) in [6.07, 6.45) is 3.51. The van der Waals surface area contributed by atoms with Gasteiger partial charge < -0.3 is 14.5 Å². The molecule has 1 saturated heterocycles. The lowest BCUT2D eigenvalue weighted by Gasteiger charge is -2.35. The van der Waals surface area contributed by atoms with Crippen molar-refractivity contribution < 1.29 is 13.9 Å². The number of methoxy groups -OCH3 is 1. The number of amides is 1. The Bertz CT molecular complexity index is 1170. The Morgan fingerprint density at radius 2 is 1.88 bits per heavy atom. The number of nitrogens with zero attached hydrogens (tertiary/aromatic N) is 1. The standard InChI is InChI=1S/C25H27ClN2O4/c1-16-12-23-19(13-20(16)26)22(29)14-24(32-23)25(30)27-15-21(28-10-4-3-5-11-28)17-6-8-18(31-2)9-7-17/h6-9,12-14,21H,3-5,10-11,15H2,1-2H3,(H,27,30)/t21-/m1/s1. The van der Waals surface area contributed by atoms with Crippen LogP contribution in [0.15, 0.2) is 51.7 Å². The molecule has 1 fully saturated rings. The highest BCUT2D eigenvalue weighted by Gasteiger charge is 2.24. The molecule has 0 saturated carbocycles. The number of carbonyl (C=O) groups is 1. The molecule has 1 aliphatic heterocycles. The van der Waals surface area contributed by atoms with Gasteiger partial charge in [0.2, 0.25) is 0 Å². The first-order valence-electron chi connectivity index (χ1n) is 10.9. The van der Waals surface area contributed by atoms with Crippen molar-refractivity contribution in [1.29, 1.82) is 0 Å². The number of fused-ring (bicyclic) bond motifs is 1. The average molecular weight is 455 g/mol. The quantitative estimate of drug-likeness (QED) is 0.583. The maximum absolute atomic E-state index is 12.9. The largest absolute Gasteiger partial charge is 0.497 e. The topological polar surface area (TPSA) is 71.8 Å². The molecule has 32 heavy (non-hydrogen) atoms. The van der Waals surface area contributed by atoms with E-state index in [0.29, 0.717) is 22.5 Å². The number of hydrogen-bond donors (Lipinski definition) is 1. The molecule has 4 rings (SSSR count). The lowest BCUT2D eigenvalue weighted by atomic mass is 10.0. The molecule has 1 amide bonds. The lowest BCUT2D eigenvalue weighted by molar-refractivity contribution is 0.0897. The number of carbonyl (C=O) groups excluding carboxylic acids is 1. The van der Waals surface area contributed by atoms with Gasteiger partial charge in [-0.15, -0.1) is 0 Å². The van der Waals surface area contributed by atoms with Crippen LogP contribution in [0.4, 0.5) is 0 Å². The number of benzene rings is 2. The van der Waals surface area contributed by atoms with Gasteiger partial charge in [0.1, 0.15) is 11.3 Å². The van der Waals surface area contributed by atoms with Crippen molar-refractivity contribution in [3.63, 3.8) is 0 Å². The monoisotopic (exact) mass is 454 g/mol. The zero-order valence-corrected chi connectivity index (χ0v) is 19.1. The Hall–Kier alpha value is -2.83. The number of nitrogens with one attached hydrogen (secondary N) is 1. The SMILES string of the molecule is COc1ccc([C@@H](CNC(=O)c2cc(=O)c3cc(Cl)c(C)cc3o2)N2CCCCC2)cc1. The molecule has 1 aliphatic rings. The number of hydrogen-bond acceptors (Lipinski definition) is 5. The fourth-order valence-electron chi connectivity index (χ4n) is 4.18. The summed E-state index contributed by atoms with van der Waals surface area (Å²) in [6.45, 7) is 4.20. The van der Waals surface area contributed by atoms with Crippen molar-refractivity contribution in [2.24, 2.45) is 0 Å². The maximum atomic E-state index is 12.9. The van der Waals surface area contributed by atoms with Gasteiger partial charge >= 0.3 is 0 Å². The molecule has 0 aliphatic carbocycles. The van der Waals surface area contributed by atoms with Crippen LogP contribution < -0.4 is 15.5 Å². The third-order valence-electron chi connectivity index (χ3n) is 6.02. The Balaban J connectivity index is 1.56. The number of halogens is 1. The van der Waals surface area contributed by atoms with Crippen LogP contribution in [-0.2, 0) is 0 Å². The second-order valence-electron chi connectivity index (χ2n) is 8.17. The van der Waals surface area contributed by atoms with Crippen LogP contribution in [0.1, 0.15) is 47.0 Å². The molecule has 0 bridgehead atoms. The van der Waals surface area contributed by atoms with E-state index in [1.54, 1.807) is 19.2 Å². The molecule has 3 aromatic rings. The predicted octanol–water partition coefficient (Wildman–Crippen LogP) is 4.72. The lowest BCUT2D eigenvalue weighted by Crippen LogP contribution is -2.40. The number of rotatable bonds is 6. The molecule has 1 aromatic heterocycles. The third kappa shape index (κ3) is 4.81. The zero-order valence-electron chi connectivity index (χ0n) is 18.3. The van der Waals surface area contributed by atoms with E-state index in [2.05, 4.69) is 10.2 Å². The van der Waals surface area contributed by atoms with E-state index in [1.165, 1.54) is 12.5 Å². The fourth-order valence-corrected chi connectivity index (χ4v) is 4.34. The zero-order chi connectivity index (χ0) is 22.7. The highest BCUT2D eigenvalue weighted by molar-refractivity contribution is 6.32. The van der Waals surface area contributed by atoms with Crippen molar-refractivity contribution in [3.8, 4) is 5.75 Å². The summed E-state index contributed by atoms with van der Waals surface area (Å²) in [5, 5.41) is 3.82. The van der Waals surface area contributed by atoms with Crippen LogP contribution in [-0.4, -0.2) is 37.6 Å². The smallest absolute Gasteiger partial charge is 0.287 e. The van der Waals surface area contributed by atoms with Crippen LogP contribution in [0.25, 0.3) is 11.0 Å². The highest BCUT2D eigenvalue weighted by atomic mass is 35.5. The molecule has 1 N–H and O–H groups in total. The Morgan fingerprint density at radius 3 is 2.56 bits per heavy atom. The molecule has 0 spiro atoms. The number of ether oxygens (including phenoxy) is 1. The van der Waals surface area contributed by atoms with Crippen molar-refractivity contribution in [1.82, 2.24) is 10.2 Å². The van der Waals surface area contributed by atoms with E-state index in [1.807, 2.05) is 31.2 Å². The Kier molecular flexibility index (Phi) is 6.82. The van der Waals surface area contributed by atoms with Gasteiger partial charge in [0.15, 0.2) is 11.2 Å². The van der Waals surface area contributed by atoms with Gasteiger partial charge in [-0.2, -0.15) is 0 Å². The molecule has 6 nitrogen and oxygen atoms in total. The van der Waals surface area contributed by atoms with Crippen molar-refractivity contribution in [2.45, 2.75) is 32.2 Å². The summed E-state index contributed by atoms with van der Waals surface area (Å²) in [5.74, 6) is 0.381. The van der Waals surface area contributed by atoms with E-state index in [9.17, 15) is 9.59 Å². The molecular weight excluding hydrogens is 428 g/mol. The first kappa shape index (κ1) is 22.4. The van der Waals surface area contributed by atoms with Crippen molar-refractivity contribution in [3.05, 3.63) is 74.6 Å². The van der Waals surface area contributed by atoms with Gasteiger partial charge in [0.05, 0.1) is 18.5 Å². The summed E-state index contributed by atoms with van der Waals surface area (Å²) in [7, 11) is 1.64. The second kappa shape index (κ2) is 9.76. The minimum atomic E-state index is -0.410. The van der Waals surface area contributed by atoms with Gasteiger partial charge in [-0.1, -0.05) is 30.2 Å². The van der Waals surface area contributed by atoms with Crippen LogP contribution in [0.3, 0.4) is 0 Å². The van der Waals surface area contributed by atoms with Crippen LogP contribution in [0.5, 0.6) is 5.75 Å². The molecule has 0 radical (unpaired) electrons. The molecular formula is C25H27ClN2O4. The summed E-state index contributed by atoms with van der Waals surface area (Å²) < 4.78 is 11.0. The van der Waals surface area contributed by atoms with Crippen molar-refractivity contribution in [2.75, 3.05) is 26.7 Å². The van der Waals surface area contributed by atoms with Crippen LogP contribution >= 0.6 is 11.6 Å². The first-order valence-corrected chi connectivity index (χ1v) is 11.2. The van der Waals surface area contributed by atoms with E-state index < -0.39 is 5.91 Å². The van der Waals surface area contributed by atoms with E-state index in [-0.39, 0.29) is 17.2 Å². The van der Waals surface area contributed by atoms with Gasteiger partial charge in [-0.05, 0) is 68.2 Å². The molecule has 2 aromatic carbocycles. The summed E-state index contributed by atoms with van der Waals surface area (Å²) in [5.41, 5.74) is 1.95. The highest BCUT2D eigenvalue weighted by Crippen LogP contribution is 2.26. The normalized spacial score (nSPS) is 15.5. The molecule has 7 heteroatoms. The van der Waals surface area contributed by atoms with Gasteiger partial charge in [0.25, 0.3) is 5.91 Å². The van der Waals surface area contributed by atoms with E-state index in [4.69, 9.17) is 20.8 Å². The number of aryl methyl sites for hydroxylation is 1. The third-order valence-corrected chi connectivity index (χ3v) is 6.43. The minimum absolute atomic E-state index is 0.00338. The predicted molar refractivity (Wildman–Crippen MR) is 126 cm³/mol. The first-order chi connectivity index (χ1) is 15.5. The molecule has 2 heterocycles. The summed E-state index contributed by atoms with van der Waals surface area (Å²) in [6, 6.07) is 12.5. The molecule has 1 atom stereocenters. The molecule has 168 valence electrons. The number of piperidine rings is 1. The Labute approximate surface area is 192 Å². The summed E-state index contributed by atoms with van der Waals surface area (Å²) >= 11 is 6.13.